The van der Waals surface area contributed by atoms with E-state index >= 15 is 0 Å². The minimum atomic E-state index is -0.200. The van der Waals surface area contributed by atoms with Gasteiger partial charge in [0.05, 0.1) is 37.9 Å². The molecule has 0 aliphatic rings. The zero-order chi connectivity index (χ0) is 18.2. The molecule has 134 valence electrons. The van der Waals surface area contributed by atoms with Crippen molar-refractivity contribution in [3.05, 3.63) is 42.0 Å². The van der Waals surface area contributed by atoms with Gasteiger partial charge in [0.15, 0.2) is 0 Å². The van der Waals surface area contributed by atoms with E-state index in [4.69, 9.17) is 19.9 Å². The highest BCUT2D eigenvalue weighted by Crippen LogP contribution is 2.33. The van der Waals surface area contributed by atoms with Crippen LogP contribution >= 0.6 is 0 Å². The predicted octanol–water partition coefficient (Wildman–Crippen LogP) is 2.41. The largest absolute Gasteiger partial charge is 0.497 e. The molecule has 0 radical (unpaired) electrons. The van der Waals surface area contributed by atoms with Crippen LogP contribution in [0.25, 0.3) is 0 Å². The number of carbonyl (C=O) groups excluding carboxylic acids is 1. The van der Waals surface area contributed by atoms with Gasteiger partial charge >= 0.3 is 0 Å². The molecule has 0 fully saturated rings. The van der Waals surface area contributed by atoms with Gasteiger partial charge in [0.2, 0.25) is 0 Å². The number of hydrogen-bond acceptors (Lipinski definition) is 6. The Hall–Kier alpha value is -2.93. The quantitative estimate of drug-likeness (QED) is 0.502. The number of rotatable bonds is 8. The summed E-state index contributed by atoms with van der Waals surface area (Å²) in [6.07, 6.45) is 0. The summed E-state index contributed by atoms with van der Waals surface area (Å²) in [5.41, 5.74) is 8.40. The van der Waals surface area contributed by atoms with Gasteiger partial charge < -0.3 is 30.6 Å². The van der Waals surface area contributed by atoms with E-state index in [-0.39, 0.29) is 5.91 Å². The monoisotopic (exact) mass is 345 g/mol. The third-order valence-electron chi connectivity index (χ3n) is 3.58. The standard InChI is InChI=1S/C18H23N3O4/c1-23-9-8-20-18(22)12-4-6-15(14(19)10-12)21-16-11-13(24-2)5-7-17(16)25-3/h4-7,10-11,21H,8-9,19H2,1-3H3,(H,20,22). The fraction of sp³-hybridized carbons (Fsp3) is 0.278. The SMILES string of the molecule is COCCNC(=O)c1ccc(Nc2cc(OC)ccc2OC)c(N)c1. The molecule has 0 heterocycles. The van der Waals surface area contributed by atoms with E-state index in [2.05, 4.69) is 10.6 Å². The third-order valence-corrected chi connectivity index (χ3v) is 3.58. The molecule has 0 unspecified atom stereocenters. The Morgan fingerprint density at radius 1 is 1.04 bits per heavy atom. The van der Waals surface area contributed by atoms with E-state index in [1.807, 2.05) is 6.07 Å². The average Bonchev–Trinajstić information content (AvgIpc) is 2.63. The van der Waals surface area contributed by atoms with Crippen LogP contribution < -0.4 is 25.8 Å². The van der Waals surface area contributed by atoms with Crippen molar-refractivity contribution >= 4 is 23.0 Å². The van der Waals surface area contributed by atoms with Gasteiger partial charge in [-0.05, 0) is 30.3 Å². The van der Waals surface area contributed by atoms with Gasteiger partial charge in [-0.3, -0.25) is 4.79 Å². The van der Waals surface area contributed by atoms with Crippen LogP contribution in [0.1, 0.15) is 10.4 Å². The molecule has 0 aliphatic carbocycles. The summed E-state index contributed by atoms with van der Waals surface area (Å²) in [5.74, 6) is 1.15. The molecule has 7 nitrogen and oxygen atoms in total. The first-order chi connectivity index (χ1) is 12.1. The van der Waals surface area contributed by atoms with Crippen LogP contribution in [0, 0.1) is 0 Å². The van der Waals surface area contributed by atoms with Crippen molar-refractivity contribution in [1.29, 1.82) is 0 Å². The Morgan fingerprint density at radius 2 is 1.84 bits per heavy atom. The summed E-state index contributed by atoms with van der Waals surface area (Å²) >= 11 is 0. The van der Waals surface area contributed by atoms with E-state index in [0.717, 1.165) is 0 Å². The van der Waals surface area contributed by atoms with E-state index in [1.165, 1.54) is 0 Å². The van der Waals surface area contributed by atoms with E-state index in [9.17, 15) is 4.79 Å². The van der Waals surface area contributed by atoms with Crippen molar-refractivity contribution in [1.82, 2.24) is 5.32 Å². The van der Waals surface area contributed by atoms with Crippen molar-refractivity contribution < 1.29 is 19.0 Å². The van der Waals surface area contributed by atoms with Crippen LogP contribution in [0.15, 0.2) is 36.4 Å². The summed E-state index contributed by atoms with van der Waals surface area (Å²) in [5, 5.41) is 5.96. The van der Waals surface area contributed by atoms with Crippen molar-refractivity contribution in [3.63, 3.8) is 0 Å². The number of nitrogens with one attached hydrogen (secondary N) is 2. The molecule has 4 N–H and O–H groups in total. The highest BCUT2D eigenvalue weighted by atomic mass is 16.5. The van der Waals surface area contributed by atoms with Crippen molar-refractivity contribution in [3.8, 4) is 11.5 Å². The van der Waals surface area contributed by atoms with Crippen molar-refractivity contribution in [2.24, 2.45) is 0 Å². The molecule has 0 spiro atoms. The summed E-state index contributed by atoms with van der Waals surface area (Å²) in [7, 11) is 4.76. The van der Waals surface area contributed by atoms with E-state index < -0.39 is 0 Å². The van der Waals surface area contributed by atoms with E-state index in [0.29, 0.717) is 47.3 Å². The molecule has 0 saturated carbocycles. The average molecular weight is 345 g/mol. The van der Waals surface area contributed by atoms with Crippen LogP contribution in [0.4, 0.5) is 17.1 Å². The number of nitrogens with two attached hydrogens (primary N) is 1. The summed E-state index contributed by atoms with van der Waals surface area (Å²) in [6.45, 7) is 0.896. The second-order valence-electron chi connectivity index (χ2n) is 5.24. The Morgan fingerprint density at radius 3 is 2.48 bits per heavy atom. The lowest BCUT2D eigenvalue weighted by Crippen LogP contribution is -2.27. The second-order valence-corrected chi connectivity index (χ2v) is 5.24. The number of nitrogen functional groups attached to an aromatic ring is 1. The topological polar surface area (TPSA) is 94.8 Å². The van der Waals surface area contributed by atoms with E-state index in [1.54, 1.807) is 51.7 Å². The fourth-order valence-corrected chi connectivity index (χ4v) is 2.24. The highest BCUT2D eigenvalue weighted by molar-refractivity contribution is 5.96. The number of carbonyl (C=O) groups is 1. The lowest BCUT2D eigenvalue weighted by molar-refractivity contribution is 0.0937. The summed E-state index contributed by atoms with van der Waals surface area (Å²) < 4.78 is 15.5. The maximum Gasteiger partial charge on any atom is 0.251 e. The van der Waals surface area contributed by atoms with Gasteiger partial charge in [0, 0.05) is 25.3 Å². The van der Waals surface area contributed by atoms with Gasteiger partial charge in [-0.2, -0.15) is 0 Å². The molecule has 0 atom stereocenters. The molecule has 2 aromatic carbocycles. The molecule has 0 aromatic heterocycles. The van der Waals surface area contributed by atoms with Gasteiger partial charge in [-0.1, -0.05) is 0 Å². The minimum Gasteiger partial charge on any atom is -0.497 e. The predicted molar refractivity (Wildman–Crippen MR) is 97.9 cm³/mol. The maximum absolute atomic E-state index is 12.0. The summed E-state index contributed by atoms with van der Waals surface area (Å²) in [4.78, 5) is 12.0. The Kier molecular flexibility index (Phi) is 6.47. The Labute approximate surface area is 147 Å². The smallest absolute Gasteiger partial charge is 0.251 e. The molecule has 1 amide bonds. The molecule has 25 heavy (non-hydrogen) atoms. The molecule has 7 heteroatoms. The van der Waals surface area contributed by atoms with Crippen LogP contribution in [-0.4, -0.2) is 40.4 Å². The van der Waals surface area contributed by atoms with Crippen molar-refractivity contribution in [2.75, 3.05) is 45.5 Å². The molecular weight excluding hydrogens is 322 g/mol. The molecule has 0 bridgehead atoms. The van der Waals surface area contributed by atoms with Crippen LogP contribution in [-0.2, 0) is 4.74 Å². The van der Waals surface area contributed by atoms with Gasteiger partial charge in [-0.25, -0.2) is 0 Å². The van der Waals surface area contributed by atoms with Gasteiger partial charge in [0.25, 0.3) is 5.91 Å². The number of methoxy groups -OCH3 is 3. The van der Waals surface area contributed by atoms with Crippen LogP contribution in [0.3, 0.4) is 0 Å². The molecule has 0 aliphatic heterocycles. The minimum absolute atomic E-state index is 0.200. The van der Waals surface area contributed by atoms with Gasteiger partial charge in [-0.15, -0.1) is 0 Å². The first-order valence-electron chi connectivity index (χ1n) is 7.74. The van der Waals surface area contributed by atoms with Crippen LogP contribution in [0.2, 0.25) is 0 Å². The Balaban J connectivity index is 2.17. The molecule has 2 aromatic rings. The maximum atomic E-state index is 12.0. The number of hydrogen-bond donors (Lipinski definition) is 3. The lowest BCUT2D eigenvalue weighted by Gasteiger charge is -2.15. The number of amides is 1. The summed E-state index contributed by atoms with van der Waals surface area (Å²) in [6, 6.07) is 10.5. The van der Waals surface area contributed by atoms with Crippen molar-refractivity contribution in [2.45, 2.75) is 0 Å². The fourth-order valence-electron chi connectivity index (χ4n) is 2.24. The molecule has 2 rings (SSSR count). The number of benzene rings is 2. The third kappa shape index (κ3) is 4.77. The lowest BCUT2D eigenvalue weighted by atomic mass is 10.1. The number of anilines is 3. The normalized spacial score (nSPS) is 10.2. The zero-order valence-corrected chi connectivity index (χ0v) is 14.6. The van der Waals surface area contributed by atoms with Crippen LogP contribution in [0.5, 0.6) is 11.5 Å². The molecule has 0 saturated heterocycles. The Bertz CT molecular complexity index is 734. The zero-order valence-electron chi connectivity index (χ0n) is 14.6. The van der Waals surface area contributed by atoms with Gasteiger partial charge in [0.1, 0.15) is 11.5 Å². The number of ether oxygens (including phenoxy) is 3. The highest BCUT2D eigenvalue weighted by Gasteiger charge is 2.10. The first kappa shape index (κ1) is 18.4. The molecular formula is C18H23N3O4. The second kappa shape index (κ2) is 8.79. The first-order valence-corrected chi connectivity index (χ1v) is 7.74.